The van der Waals surface area contributed by atoms with E-state index in [0.717, 1.165) is 32.8 Å². The van der Waals surface area contributed by atoms with Gasteiger partial charge in [-0.3, -0.25) is 4.90 Å². The van der Waals surface area contributed by atoms with Gasteiger partial charge in [0, 0.05) is 33.2 Å². The van der Waals surface area contributed by atoms with Crippen molar-refractivity contribution in [2.75, 3.05) is 46.4 Å². The Hall–Kier alpha value is -0.810. The summed E-state index contributed by atoms with van der Waals surface area (Å²) in [6.07, 6.45) is -0.259. The van der Waals surface area contributed by atoms with Gasteiger partial charge < -0.3 is 14.4 Å². The Morgan fingerprint density at radius 3 is 2.47 bits per heavy atom. The van der Waals surface area contributed by atoms with E-state index in [-0.39, 0.29) is 6.09 Å². The van der Waals surface area contributed by atoms with Crippen molar-refractivity contribution in [3.05, 3.63) is 0 Å². The third-order valence-electron chi connectivity index (χ3n) is 2.56. The monoisotopic (exact) mass is 244 g/mol. The Bertz CT molecular complexity index is 245. The fourth-order valence-electron chi connectivity index (χ4n) is 1.55. The second kappa shape index (κ2) is 6.21. The van der Waals surface area contributed by atoms with Crippen LogP contribution in [0.1, 0.15) is 20.8 Å². The average Bonchev–Trinajstić information content (AvgIpc) is 2.25. The van der Waals surface area contributed by atoms with Crippen LogP contribution in [-0.4, -0.2) is 67.9 Å². The van der Waals surface area contributed by atoms with Crippen LogP contribution in [0, 0.1) is 0 Å². The first-order chi connectivity index (χ1) is 7.88. The fraction of sp³-hybridized carbons (Fsp3) is 0.917. The van der Waals surface area contributed by atoms with E-state index in [9.17, 15) is 4.79 Å². The van der Waals surface area contributed by atoms with Crippen LogP contribution in [0.5, 0.6) is 0 Å². The highest BCUT2D eigenvalue weighted by Crippen LogP contribution is 2.09. The molecule has 100 valence electrons. The van der Waals surface area contributed by atoms with Gasteiger partial charge >= 0.3 is 6.09 Å². The van der Waals surface area contributed by atoms with Crippen molar-refractivity contribution in [2.45, 2.75) is 26.4 Å². The summed E-state index contributed by atoms with van der Waals surface area (Å²) in [6, 6.07) is 0. The average molecular weight is 244 g/mol. The van der Waals surface area contributed by atoms with Crippen LogP contribution in [0.25, 0.3) is 0 Å². The largest absolute Gasteiger partial charge is 0.444 e. The summed E-state index contributed by atoms with van der Waals surface area (Å²) < 4.78 is 10.6. The molecular formula is C12H24N2O3. The van der Waals surface area contributed by atoms with E-state index in [1.165, 1.54) is 0 Å². The Morgan fingerprint density at radius 2 is 1.94 bits per heavy atom. The minimum atomic E-state index is -0.426. The molecule has 0 N–H and O–H groups in total. The lowest BCUT2D eigenvalue weighted by Gasteiger charge is -2.29. The smallest absolute Gasteiger partial charge is 0.410 e. The standard InChI is InChI=1S/C12H24N2O3/c1-12(2,3)17-11(15)13(4)5-6-14-7-9-16-10-8-14/h5-10H2,1-4H3. The molecule has 5 nitrogen and oxygen atoms in total. The lowest BCUT2D eigenvalue weighted by atomic mass is 10.2. The number of carbonyl (C=O) groups is 1. The molecule has 1 aliphatic heterocycles. The number of hydrogen-bond donors (Lipinski definition) is 0. The Kier molecular flexibility index (Phi) is 5.21. The van der Waals surface area contributed by atoms with E-state index in [1.54, 1.807) is 11.9 Å². The van der Waals surface area contributed by atoms with Crippen molar-refractivity contribution >= 4 is 6.09 Å². The third kappa shape index (κ3) is 5.89. The summed E-state index contributed by atoms with van der Waals surface area (Å²) in [5, 5.41) is 0. The highest BCUT2D eigenvalue weighted by molar-refractivity contribution is 5.67. The topological polar surface area (TPSA) is 42.0 Å². The van der Waals surface area contributed by atoms with Gasteiger partial charge in [0.2, 0.25) is 0 Å². The van der Waals surface area contributed by atoms with Crippen LogP contribution in [0.15, 0.2) is 0 Å². The minimum Gasteiger partial charge on any atom is -0.444 e. The van der Waals surface area contributed by atoms with E-state index in [1.807, 2.05) is 20.8 Å². The lowest BCUT2D eigenvalue weighted by molar-refractivity contribution is 0.0188. The van der Waals surface area contributed by atoms with Gasteiger partial charge in [0.25, 0.3) is 0 Å². The van der Waals surface area contributed by atoms with E-state index >= 15 is 0 Å². The Labute approximate surface area is 104 Å². The van der Waals surface area contributed by atoms with Gasteiger partial charge in [-0.1, -0.05) is 0 Å². The third-order valence-corrected chi connectivity index (χ3v) is 2.56. The van der Waals surface area contributed by atoms with Crippen LogP contribution >= 0.6 is 0 Å². The Morgan fingerprint density at radius 1 is 1.35 bits per heavy atom. The SMILES string of the molecule is CN(CCN1CCOCC1)C(=O)OC(C)(C)C. The first kappa shape index (κ1) is 14.3. The summed E-state index contributed by atoms with van der Waals surface area (Å²) in [5.41, 5.74) is -0.426. The molecule has 1 rings (SSSR count). The Balaban J connectivity index is 2.23. The van der Waals surface area contributed by atoms with Gasteiger partial charge in [-0.05, 0) is 20.8 Å². The molecule has 0 spiro atoms. The molecule has 0 saturated carbocycles. The molecule has 0 bridgehead atoms. The van der Waals surface area contributed by atoms with E-state index in [4.69, 9.17) is 9.47 Å². The molecule has 0 atom stereocenters. The molecule has 1 amide bonds. The zero-order valence-electron chi connectivity index (χ0n) is 11.4. The molecule has 0 unspecified atom stereocenters. The maximum absolute atomic E-state index is 11.7. The van der Waals surface area contributed by atoms with Crippen molar-refractivity contribution in [1.29, 1.82) is 0 Å². The summed E-state index contributed by atoms with van der Waals surface area (Å²) in [5.74, 6) is 0. The fourth-order valence-corrected chi connectivity index (χ4v) is 1.55. The van der Waals surface area contributed by atoms with Crippen molar-refractivity contribution < 1.29 is 14.3 Å². The number of nitrogens with zero attached hydrogens (tertiary/aromatic N) is 2. The second-order valence-corrected chi connectivity index (χ2v) is 5.36. The summed E-state index contributed by atoms with van der Waals surface area (Å²) in [7, 11) is 1.77. The minimum absolute atomic E-state index is 0.259. The molecule has 0 aromatic heterocycles. The predicted molar refractivity (Wildman–Crippen MR) is 66.1 cm³/mol. The molecule has 17 heavy (non-hydrogen) atoms. The van der Waals surface area contributed by atoms with Crippen LogP contribution in [0.2, 0.25) is 0 Å². The second-order valence-electron chi connectivity index (χ2n) is 5.36. The predicted octanol–water partition coefficient (Wildman–Crippen LogP) is 1.19. The molecule has 0 aromatic rings. The highest BCUT2D eigenvalue weighted by atomic mass is 16.6. The molecular weight excluding hydrogens is 220 g/mol. The molecule has 1 fully saturated rings. The van der Waals surface area contributed by atoms with Gasteiger partial charge in [-0.2, -0.15) is 0 Å². The first-order valence-corrected chi connectivity index (χ1v) is 6.13. The number of morpholine rings is 1. The molecule has 1 aliphatic rings. The van der Waals surface area contributed by atoms with Gasteiger partial charge in [0.1, 0.15) is 5.60 Å². The van der Waals surface area contributed by atoms with E-state index < -0.39 is 5.60 Å². The van der Waals surface area contributed by atoms with Crippen molar-refractivity contribution in [3.8, 4) is 0 Å². The van der Waals surface area contributed by atoms with Crippen LogP contribution in [0.3, 0.4) is 0 Å². The summed E-state index contributed by atoms with van der Waals surface area (Å²) in [4.78, 5) is 15.6. The lowest BCUT2D eigenvalue weighted by Crippen LogP contribution is -2.43. The van der Waals surface area contributed by atoms with Gasteiger partial charge in [-0.15, -0.1) is 0 Å². The number of rotatable bonds is 3. The van der Waals surface area contributed by atoms with Crippen LogP contribution < -0.4 is 0 Å². The van der Waals surface area contributed by atoms with Crippen molar-refractivity contribution in [1.82, 2.24) is 9.80 Å². The number of amides is 1. The maximum atomic E-state index is 11.7. The van der Waals surface area contributed by atoms with Crippen LogP contribution in [0.4, 0.5) is 4.79 Å². The quantitative estimate of drug-likeness (QED) is 0.748. The van der Waals surface area contributed by atoms with E-state index in [0.29, 0.717) is 6.54 Å². The number of ether oxygens (including phenoxy) is 2. The maximum Gasteiger partial charge on any atom is 0.410 e. The van der Waals surface area contributed by atoms with Crippen molar-refractivity contribution in [2.24, 2.45) is 0 Å². The molecule has 1 heterocycles. The normalized spacial score (nSPS) is 17.9. The molecule has 0 aromatic carbocycles. The molecule has 5 heteroatoms. The summed E-state index contributed by atoms with van der Waals surface area (Å²) in [6.45, 7) is 10.7. The van der Waals surface area contributed by atoms with Crippen molar-refractivity contribution in [3.63, 3.8) is 0 Å². The summed E-state index contributed by atoms with van der Waals surface area (Å²) >= 11 is 0. The molecule has 1 saturated heterocycles. The van der Waals surface area contributed by atoms with E-state index in [2.05, 4.69) is 4.90 Å². The number of hydrogen-bond acceptors (Lipinski definition) is 4. The van der Waals surface area contributed by atoms with Gasteiger partial charge in [-0.25, -0.2) is 4.79 Å². The highest BCUT2D eigenvalue weighted by Gasteiger charge is 2.20. The number of carbonyl (C=O) groups excluding carboxylic acids is 1. The zero-order chi connectivity index (χ0) is 12.9. The molecule has 0 radical (unpaired) electrons. The van der Waals surface area contributed by atoms with Gasteiger partial charge in [0.15, 0.2) is 0 Å². The van der Waals surface area contributed by atoms with Crippen LogP contribution in [-0.2, 0) is 9.47 Å². The molecule has 0 aliphatic carbocycles. The number of likely N-dealkylation sites (N-methyl/N-ethyl adjacent to an activating group) is 1. The van der Waals surface area contributed by atoms with Gasteiger partial charge in [0.05, 0.1) is 13.2 Å². The first-order valence-electron chi connectivity index (χ1n) is 6.13. The zero-order valence-corrected chi connectivity index (χ0v) is 11.4.